The Kier molecular flexibility index (Phi) is 10.7. The first kappa shape index (κ1) is 12.8. The molecule has 0 radical (unpaired) electrons. The molecule has 0 unspecified atom stereocenters. The lowest BCUT2D eigenvalue weighted by Gasteiger charge is -2.03. The zero-order valence-corrected chi connectivity index (χ0v) is 7.10. The third-order valence-electron chi connectivity index (χ3n) is 0.632. The van der Waals surface area contributed by atoms with E-state index in [2.05, 4.69) is 19.7 Å². The first-order valence-corrected chi connectivity index (χ1v) is 3.95. The van der Waals surface area contributed by atoms with E-state index in [0.29, 0.717) is 0 Å². The molecule has 0 spiro atoms. The molecule has 11 heavy (non-hydrogen) atoms. The maximum absolute atomic E-state index is 8.74. The summed E-state index contributed by atoms with van der Waals surface area (Å²) in [6, 6.07) is 0. The number of hydrogen-bond donors (Lipinski definition) is 2. The molecule has 4 nitrogen and oxygen atoms in total. The van der Waals surface area contributed by atoms with Gasteiger partial charge in [-0.2, -0.15) is 0 Å². The standard InChI is InChI=1S/C6H9N.H3O3P/c1-4-7(5-2)6-3;1-4(2)3/h4-6H,1-3H2;4H,(H2,1,2,3). The molecule has 0 aromatic rings. The van der Waals surface area contributed by atoms with Crippen LogP contribution >= 0.6 is 8.25 Å². The molecule has 0 aliphatic heterocycles. The van der Waals surface area contributed by atoms with E-state index in [0.717, 1.165) is 0 Å². The third kappa shape index (κ3) is 17.6. The van der Waals surface area contributed by atoms with Crippen LogP contribution in [0.3, 0.4) is 0 Å². The minimum absolute atomic E-state index is 1.62. The molecule has 0 saturated heterocycles. The predicted octanol–water partition coefficient (Wildman–Crippen LogP) is 1.08. The SMILES string of the molecule is C=CN(C=C)C=C.O=[PH](O)O. The molecule has 0 aromatic heterocycles. The van der Waals surface area contributed by atoms with Crippen molar-refractivity contribution in [2.75, 3.05) is 0 Å². The number of nitrogens with zero attached hydrogens (tertiary/aromatic N) is 1. The Morgan fingerprint density at radius 3 is 1.27 bits per heavy atom. The molecule has 0 aliphatic carbocycles. The van der Waals surface area contributed by atoms with Gasteiger partial charge >= 0.3 is 8.25 Å². The lowest BCUT2D eigenvalue weighted by Crippen LogP contribution is -1.94. The highest BCUT2D eigenvalue weighted by atomic mass is 31.1. The zero-order chi connectivity index (χ0) is 9.28. The molecule has 2 N–H and O–H groups in total. The number of hydrogen-bond acceptors (Lipinski definition) is 2. The van der Waals surface area contributed by atoms with Crippen LogP contribution in [0.4, 0.5) is 0 Å². The summed E-state index contributed by atoms with van der Waals surface area (Å²) in [5.74, 6) is 0. The molecule has 0 amide bonds. The Hall–Kier alpha value is -0.830. The molecule has 0 rings (SSSR count). The number of rotatable bonds is 3. The molecule has 0 heterocycles. The van der Waals surface area contributed by atoms with Crippen LogP contribution in [0.5, 0.6) is 0 Å². The fourth-order valence-electron chi connectivity index (χ4n) is 0.224. The van der Waals surface area contributed by atoms with Gasteiger partial charge in [-0.1, -0.05) is 19.7 Å². The Morgan fingerprint density at radius 2 is 1.27 bits per heavy atom. The van der Waals surface area contributed by atoms with Crippen molar-refractivity contribution in [3.8, 4) is 0 Å². The van der Waals surface area contributed by atoms with Gasteiger partial charge < -0.3 is 14.7 Å². The van der Waals surface area contributed by atoms with Crippen molar-refractivity contribution in [2.45, 2.75) is 0 Å². The lowest BCUT2D eigenvalue weighted by molar-refractivity contribution is 0.405. The predicted molar refractivity (Wildman–Crippen MR) is 45.9 cm³/mol. The molecule has 0 saturated carbocycles. The van der Waals surface area contributed by atoms with E-state index in [1.54, 1.807) is 23.5 Å². The molecular weight excluding hydrogens is 165 g/mol. The van der Waals surface area contributed by atoms with Crippen molar-refractivity contribution in [1.29, 1.82) is 0 Å². The molecule has 0 fully saturated rings. The van der Waals surface area contributed by atoms with Crippen LogP contribution in [-0.2, 0) is 4.57 Å². The summed E-state index contributed by atoms with van der Waals surface area (Å²) < 4.78 is 8.74. The Balaban J connectivity index is 0. The van der Waals surface area contributed by atoms with Gasteiger partial charge in [0.1, 0.15) is 0 Å². The molecule has 0 aliphatic rings. The van der Waals surface area contributed by atoms with Crippen LogP contribution in [0.1, 0.15) is 0 Å². The molecule has 0 bridgehead atoms. The molecular formula is C6H12NO3P. The largest absolute Gasteiger partial charge is 0.332 e. The van der Waals surface area contributed by atoms with Crippen LogP contribution in [0, 0.1) is 0 Å². The van der Waals surface area contributed by atoms with Gasteiger partial charge in [-0.15, -0.1) is 0 Å². The highest BCUT2D eigenvalue weighted by Gasteiger charge is 1.73. The van der Waals surface area contributed by atoms with E-state index in [4.69, 9.17) is 14.4 Å². The molecule has 0 aromatic carbocycles. The second-order valence-electron chi connectivity index (χ2n) is 1.28. The summed E-state index contributed by atoms with van der Waals surface area (Å²) in [7, 11) is -3.13. The molecule has 64 valence electrons. The maximum Gasteiger partial charge on any atom is 0.314 e. The van der Waals surface area contributed by atoms with Crippen molar-refractivity contribution >= 4 is 8.25 Å². The highest BCUT2D eigenvalue weighted by Crippen LogP contribution is 1.98. The Morgan fingerprint density at radius 1 is 1.09 bits per heavy atom. The summed E-state index contributed by atoms with van der Waals surface area (Å²) in [6.07, 6.45) is 4.88. The van der Waals surface area contributed by atoms with Crippen LogP contribution < -0.4 is 0 Å². The summed E-state index contributed by atoms with van der Waals surface area (Å²) in [4.78, 5) is 16.0. The van der Waals surface area contributed by atoms with E-state index < -0.39 is 8.25 Å². The van der Waals surface area contributed by atoms with Gasteiger partial charge in [-0.05, 0) is 0 Å². The average Bonchev–Trinajstić information content (AvgIpc) is 1.90. The third-order valence-corrected chi connectivity index (χ3v) is 0.632. The van der Waals surface area contributed by atoms with E-state index in [1.807, 2.05) is 0 Å². The molecule has 5 heteroatoms. The summed E-state index contributed by atoms with van der Waals surface area (Å²) in [5.41, 5.74) is 0. The van der Waals surface area contributed by atoms with Gasteiger partial charge in [-0.25, -0.2) is 0 Å². The zero-order valence-electron chi connectivity index (χ0n) is 6.10. The smallest absolute Gasteiger partial charge is 0.314 e. The van der Waals surface area contributed by atoms with Crippen molar-refractivity contribution in [2.24, 2.45) is 0 Å². The Bertz CT molecular complexity index is 135. The van der Waals surface area contributed by atoms with E-state index in [9.17, 15) is 0 Å². The Labute approximate surface area is 66.7 Å². The van der Waals surface area contributed by atoms with E-state index >= 15 is 0 Å². The normalized spacial score (nSPS) is 7.55. The maximum atomic E-state index is 8.74. The minimum atomic E-state index is -3.13. The minimum Gasteiger partial charge on any atom is -0.332 e. The highest BCUT2D eigenvalue weighted by molar-refractivity contribution is 7.30. The van der Waals surface area contributed by atoms with Crippen LogP contribution in [0.25, 0.3) is 0 Å². The van der Waals surface area contributed by atoms with E-state index in [-0.39, 0.29) is 0 Å². The fourth-order valence-corrected chi connectivity index (χ4v) is 0.224. The topological polar surface area (TPSA) is 60.8 Å². The van der Waals surface area contributed by atoms with Gasteiger partial charge in [0.15, 0.2) is 0 Å². The fraction of sp³-hybridized carbons (Fsp3) is 0. The summed E-state index contributed by atoms with van der Waals surface area (Å²) >= 11 is 0. The van der Waals surface area contributed by atoms with Crippen molar-refractivity contribution < 1.29 is 14.4 Å². The lowest BCUT2D eigenvalue weighted by atomic mass is 10.7. The van der Waals surface area contributed by atoms with Crippen molar-refractivity contribution in [3.63, 3.8) is 0 Å². The molecule has 0 atom stereocenters. The van der Waals surface area contributed by atoms with Crippen LogP contribution in [-0.4, -0.2) is 14.7 Å². The quantitative estimate of drug-likeness (QED) is 0.633. The summed E-state index contributed by atoms with van der Waals surface area (Å²) in [6.45, 7) is 10.5. The van der Waals surface area contributed by atoms with Gasteiger partial charge in [-0.3, -0.25) is 4.57 Å². The van der Waals surface area contributed by atoms with Crippen molar-refractivity contribution in [3.05, 3.63) is 38.3 Å². The second-order valence-corrected chi connectivity index (χ2v) is 1.84. The van der Waals surface area contributed by atoms with Gasteiger partial charge in [0.05, 0.1) is 0 Å². The average molecular weight is 177 g/mol. The second kappa shape index (κ2) is 9.17. The summed E-state index contributed by atoms with van der Waals surface area (Å²) in [5, 5.41) is 0. The van der Waals surface area contributed by atoms with E-state index in [1.165, 1.54) is 0 Å². The first-order chi connectivity index (χ1) is 5.08. The van der Waals surface area contributed by atoms with Crippen molar-refractivity contribution in [1.82, 2.24) is 4.90 Å². The first-order valence-electron chi connectivity index (χ1n) is 2.65. The van der Waals surface area contributed by atoms with Crippen LogP contribution in [0.2, 0.25) is 0 Å². The van der Waals surface area contributed by atoms with Gasteiger partial charge in [0, 0.05) is 18.6 Å². The van der Waals surface area contributed by atoms with Gasteiger partial charge in [0.2, 0.25) is 0 Å². The van der Waals surface area contributed by atoms with Crippen LogP contribution in [0.15, 0.2) is 38.3 Å². The van der Waals surface area contributed by atoms with Gasteiger partial charge in [0.25, 0.3) is 0 Å². The monoisotopic (exact) mass is 177 g/mol.